The maximum atomic E-state index is 13.4. The van der Waals surface area contributed by atoms with Gasteiger partial charge < -0.3 is 15.0 Å². The first-order chi connectivity index (χ1) is 16.0. The molecule has 2 rings (SSSR count). The molecule has 0 aromatic heterocycles. The number of rotatable bonds is 11. The van der Waals surface area contributed by atoms with Gasteiger partial charge in [-0.25, -0.2) is 0 Å². The number of nitrogens with one attached hydrogen (secondary N) is 1. The summed E-state index contributed by atoms with van der Waals surface area (Å²) in [4.78, 5) is 28.2. The minimum absolute atomic E-state index is 0.0118. The van der Waals surface area contributed by atoms with Gasteiger partial charge in [0.05, 0.1) is 7.11 Å². The summed E-state index contributed by atoms with van der Waals surface area (Å²) in [6.07, 6.45) is 1.57. The van der Waals surface area contributed by atoms with E-state index in [0.29, 0.717) is 38.3 Å². The van der Waals surface area contributed by atoms with Gasteiger partial charge in [-0.1, -0.05) is 77.9 Å². The topological polar surface area (TPSA) is 58.6 Å². The first-order valence-corrected chi connectivity index (χ1v) is 12.3. The van der Waals surface area contributed by atoms with Crippen LogP contribution in [-0.4, -0.2) is 36.4 Å². The van der Waals surface area contributed by atoms with Gasteiger partial charge in [0.25, 0.3) is 0 Å². The summed E-state index contributed by atoms with van der Waals surface area (Å²) in [5, 5.41) is 3.01. The minimum Gasteiger partial charge on any atom is -0.497 e. The predicted molar refractivity (Wildman–Crippen MR) is 139 cm³/mol. The van der Waals surface area contributed by atoms with Crippen molar-refractivity contribution in [1.29, 1.82) is 0 Å². The van der Waals surface area contributed by atoms with E-state index < -0.39 is 6.04 Å². The van der Waals surface area contributed by atoms with Crippen molar-refractivity contribution in [2.45, 2.75) is 78.8 Å². The molecular formula is C29H42N2O3. The Morgan fingerprint density at radius 1 is 0.971 bits per heavy atom. The molecule has 0 heterocycles. The highest BCUT2D eigenvalue weighted by Gasteiger charge is 2.28. The van der Waals surface area contributed by atoms with Gasteiger partial charge in [-0.05, 0) is 53.0 Å². The van der Waals surface area contributed by atoms with Crippen molar-refractivity contribution < 1.29 is 14.3 Å². The Labute approximate surface area is 205 Å². The summed E-state index contributed by atoms with van der Waals surface area (Å²) in [6.45, 7) is 13.6. The van der Waals surface area contributed by atoms with E-state index in [2.05, 4.69) is 64.2 Å². The van der Waals surface area contributed by atoms with Gasteiger partial charge in [-0.3, -0.25) is 9.59 Å². The molecule has 2 aromatic carbocycles. The molecule has 0 saturated heterocycles. The number of aryl methyl sites for hydroxylation is 1. The zero-order valence-corrected chi connectivity index (χ0v) is 22.0. The molecule has 34 heavy (non-hydrogen) atoms. The second kappa shape index (κ2) is 12.6. The molecular weight excluding hydrogens is 424 g/mol. The molecule has 0 aliphatic carbocycles. The molecule has 0 saturated carbocycles. The van der Waals surface area contributed by atoms with Crippen LogP contribution in [0.5, 0.6) is 5.75 Å². The van der Waals surface area contributed by atoms with Crippen molar-refractivity contribution in [3.8, 4) is 5.75 Å². The third-order valence-electron chi connectivity index (χ3n) is 6.03. The van der Waals surface area contributed by atoms with Crippen molar-refractivity contribution in [2.75, 3.05) is 13.7 Å². The number of carbonyl (C=O) groups excluding carboxylic acids is 2. The summed E-state index contributed by atoms with van der Waals surface area (Å²) in [7, 11) is 1.63. The second-order valence-electron chi connectivity index (χ2n) is 10.4. The Hall–Kier alpha value is -2.82. The van der Waals surface area contributed by atoms with Crippen LogP contribution < -0.4 is 10.1 Å². The lowest BCUT2D eigenvalue weighted by molar-refractivity contribution is -0.141. The lowest BCUT2D eigenvalue weighted by Gasteiger charge is -2.31. The van der Waals surface area contributed by atoms with Gasteiger partial charge in [-0.15, -0.1) is 0 Å². The molecule has 5 nitrogen and oxygen atoms in total. The number of hydrogen-bond acceptors (Lipinski definition) is 3. The van der Waals surface area contributed by atoms with E-state index in [-0.39, 0.29) is 17.2 Å². The molecule has 1 unspecified atom stereocenters. The van der Waals surface area contributed by atoms with Crippen LogP contribution in [-0.2, 0) is 28.0 Å². The Balaban J connectivity index is 2.18. The fourth-order valence-corrected chi connectivity index (χ4v) is 3.84. The molecule has 0 radical (unpaired) electrons. The monoisotopic (exact) mass is 466 g/mol. The van der Waals surface area contributed by atoms with E-state index in [1.54, 1.807) is 12.0 Å². The summed E-state index contributed by atoms with van der Waals surface area (Å²) in [5.41, 5.74) is 3.47. The molecule has 2 aromatic rings. The first-order valence-electron chi connectivity index (χ1n) is 12.3. The fourth-order valence-electron chi connectivity index (χ4n) is 3.84. The highest BCUT2D eigenvalue weighted by Crippen LogP contribution is 2.23. The van der Waals surface area contributed by atoms with E-state index in [0.717, 1.165) is 16.9 Å². The van der Waals surface area contributed by atoms with Crippen molar-refractivity contribution >= 4 is 11.8 Å². The zero-order chi connectivity index (χ0) is 25.3. The van der Waals surface area contributed by atoms with Crippen LogP contribution in [0.1, 0.15) is 71.1 Å². The smallest absolute Gasteiger partial charge is 0.242 e. The number of hydrogen-bond donors (Lipinski definition) is 1. The number of ether oxygens (including phenoxy) is 1. The average Bonchev–Trinajstić information content (AvgIpc) is 2.81. The van der Waals surface area contributed by atoms with Gasteiger partial charge in [0.1, 0.15) is 11.8 Å². The Kier molecular flexibility index (Phi) is 10.2. The molecule has 5 heteroatoms. The van der Waals surface area contributed by atoms with Crippen LogP contribution in [0.25, 0.3) is 0 Å². The molecule has 0 aliphatic heterocycles. The van der Waals surface area contributed by atoms with Crippen LogP contribution in [0, 0.1) is 5.92 Å². The number of benzene rings is 2. The van der Waals surface area contributed by atoms with Crippen molar-refractivity contribution in [3.63, 3.8) is 0 Å². The summed E-state index contributed by atoms with van der Waals surface area (Å²) >= 11 is 0. The van der Waals surface area contributed by atoms with Crippen molar-refractivity contribution in [2.24, 2.45) is 5.92 Å². The Bertz CT molecular complexity index is 912. The Morgan fingerprint density at radius 3 is 2.06 bits per heavy atom. The average molecular weight is 467 g/mol. The molecule has 186 valence electrons. The van der Waals surface area contributed by atoms with Crippen LogP contribution >= 0.6 is 0 Å². The zero-order valence-electron chi connectivity index (χ0n) is 22.0. The normalized spacial score (nSPS) is 12.4. The van der Waals surface area contributed by atoms with Crippen LogP contribution in [0.15, 0.2) is 48.5 Å². The SMILES string of the molecule is CCC(C(=O)NCC(C)C)N(Cc1ccc(OC)cc1)C(=O)CCc1ccc(C(C)(C)C)cc1. The number of carbonyl (C=O) groups is 2. The molecule has 1 atom stereocenters. The van der Waals surface area contributed by atoms with E-state index in [1.165, 1.54) is 5.56 Å². The third kappa shape index (κ3) is 8.19. The highest BCUT2D eigenvalue weighted by atomic mass is 16.5. The van der Waals surface area contributed by atoms with Gasteiger partial charge in [0.15, 0.2) is 0 Å². The number of methoxy groups -OCH3 is 1. The van der Waals surface area contributed by atoms with E-state index in [4.69, 9.17) is 4.74 Å². The summed E-state index contributed by atoms with van der Waals surface area (Å²) in [6, 6.07) is 15.7. The van der Waals surface area contributed by atoms with Crippen LogP contribution in [0.4, 0.5) is 0 Å². The van der Waals surface area contributed by atoms with Gasteiger partial charge >= 0.3 is 0 Å². The van der Waals surface area contributed by atoms with Crippen molar-refractivity contribution in [1.82, 2.24) is 10.2 Å². The first kappa shape index (κ1) is 27.4. The van der Waals surface area contributed by atoms with Crippen LogP contribution in [0.2, 0.25) is 0 Å². The van der Waals surface area contributed by atoms with Gasteiger partial charge in [-0.2, -0.15) is 0 Å². The number of amides is 2. The maximum Gasteiger partial charge on any atom is 0.242 e. The van der Waals surface area contributed by atoms with E-state index >= 15 is 0 Å². The third-order valence-corrected chi connectivity index (χ3v) is 6.03. The van der Waals surface area contributed by atoms with Gasteiger partial charge in [0, 0.05) is 19.5 Å². The van der Waals surface area contributed by atoms with E-state index in [9.17, 15) is 9.59 Å². The largest absolute Gasteiger partial charge is 0.497 e. The summed E-state index contributed by atoms with van der Waals surface area (Å²) in [5.74, 6) is 1.01. The number of nitrogens with zero attached hydrogens (tertiary/aromatic N) is 1. The van der Waals surface area contributed by atoms with E-state index in [1.807, 2.05) is 31.2 Å². The Morgan fingerprint density at radius 2 is 1.56 bits per heavy atom. The van der Waals surface area contributed by atoms with Crippen molar-refractivity contribution in [3.05, 3.63) is 65.2 Å². The molecule has 2 amide bonds. The lowest BCUT2D eigenvalue weighted by Crippen LogP contribution is -2.49. The minimum atomic E-state index is -0.503. The molecule has 0 aliphatic rings. The molecule has 0 spiro atoms. The molecule has 0 fully saturated rings. The standard InChI is InChI=1S/C29H42N2O3/c1-8-26(28(33)30-19-21(2)3)31(20-23-11-16-25(34-7)17-12-23)27(32)18-13-22-9-14-24(15-10-22)29(4,5)6/h9-12,14-17,21,26H,8,13,18-20H2,1-7H3,(H,30,33). The molecule has 0 bridgehead atoms. The quantitative estimate of drug-likeness (QED) is 0.475. The second-order valence-corrected chi connectivity index (χ2v) is 10.4. The predicted octanol–water partition coefficient (Wildman–Crippen LogP) is 5.50. The summed E-state index contributed by atoms with van der Waals surface area (Å²) < 4.78 is 5.25. The van der Waals surface area contributed by atoms with Gasteiger partial charge in [0.2, 0.25) is 11.8 Å². The van der Waals surface area contributed by atoms with Crippen LogP contribution in [0.3, 0.4) is 0 Å². The highest BCUT2D eigenvalue weighted by molar-refractivity contribution is 5.87. The molecule has 1 N–H and O–H groups in total. The maximum absolute atomic E-state index is 13.4. The lowest BCUT2D eigenvalue weighted by atomic mass is 9.86. The fraction of sp³-hybridized carbons (Fsp3) is 0.517.